The Kier molecular flexibility index (Phi) is 4.96. The third-order valence-electron chi connectivity index (χ3n) is 3.84. The molecule has 0 bridgehead atoms. The molecule has 1 aromatic carbocycles. The number of aryl methyl sites for hydroxylation is 1. The van der Waals surface area contributed by atoms with Crippen molar-refractivity contribution in [3.63, 3.8) is 0 Å². The molecule has 2 rings (SSSR count). The standard InChI is InChI=1S/C16H23N3O2/c1-4-12-6-8-13(9-7-12)14(17-5-2)10-19-15(20)11-18(3)16(19)21/h6-9,14,17H,4-5,10-11H2,1-3H3. The van der Waals surface area contributed by atoms with Crippen molar-refractivity contribution in [3.05, 3.63) is 35.4 Å². The van der Waals surface area contributed by atoms with Gasteiger partial charge in [-0.3, -0.25) is 9.69 Å². The molecule has 1 saturated heterocycles. The van der Waals surface area contributed by atoms with Crippen molar-refractivity contribution < 1.29 is 9.59 Å². The molecule has 0 aliphatic carbocycles. The van der Waals surface area contributed by atoms with Crippen molar-refractivity contribution in [1.29, 1.82) is 0 Å². The molecule has 114 valence electrons. The summed E-state index contributed by atoms with van der Waals surface area (Å²) in [5.74, 6) is -0.129. The number of hydrogen-bond acceptors (Lipinski definition) is 3. The molecule has 1 aliphatic rings. The fourth-order valence-corrected chi connectivity index (χ4v) is 2.55. The predicted molar refractivity (Wildman–Crippen MR) is 82.0 cm³/mol. The Morgan fingerprint density at radius 2 is 1.86 bits per heavy atom. The fraction of sp³-hybridized carbons (Fsp3) is 0.500. The lowest BCUT2D eigenvalue weighted by molar-refractivity contribution is -0.125. The Balaban J connectivity index is 2.15. The van der Waals surface area contributed by atoms with E-state index in [0.717, 1.165) is 18.5 Å². The van der Waals surface area contributed by atoms with E-state index in [2.05, 4.69) is 36.5 Å². The lowest BCUT2D eigenvalue weighted by Crippen LogP contribution is -2.39. The van der Waals surface area contributed by atoms with Crippen LogP contribution in [0.2, 0.25) is 0 Å². The van der Waals surface area contributed by atoms with Crippen molar-refractivity contribution in [2.75, 3.05) is 26.7 Å². The molecule has 21 heavy (non-hydrogen) atoms. The summed E-state index contributed by atoms with van der Waals surface area (Å²) in [6.45, 7) is 5.47. The third-order valence-corrected chi connectivity index (χ3v) is 3.84. The van der Waals surface area contributed by atoms with E-state index in [1.54, 1.807) is 7.05 Å². The van der Waals surface area contributed by atoms with E-state index >= 15 is 0 Å². The first-order chi connectivity index (χ1) is 10.1. The maximum Gasteiger partial charge on any atom is 0.327 e. The van der Waals surface area contributed by atoms with Gasteiger partial charge in [0, 0.05) is 13.6 Å². The normalized spacial score (nSPS) is 16.7. The SMILES string of the molecule is CCNC(CN1C(=O)CN(C)C1=O)c1ccc(CC)cc1. The van der Waals surface area contributed by atoms with Crippen molar-refractivity contribution in [3.8, 4) is 0 Å². The average Bonchev–Trinajstić information content (AvgIpc) is 2.73. The van der Waals surface area contributed by atoms with Gasteiger partial charge in [0.1, 0.15) is 6.54 Å². The van der Waals surface area contributed by atoms with Crippen LogP contribution in [-0.2, 0) is 11.2 Å². The molecule has 1 heterocycles. The lowest BCUT2D eigenvalue weighted by atomic mass is 10.0. The van der Waals surface area contributed by atoms with Crippen LogP contribution in [0.1, 0.15) is 31.0 Å². The Morgan fingerprint density at radius 1 is 1.19 bits per heavy atom. The molecule has 3 amide bonds. The molecule has 1 fully saturated rings. The van der Waals surface area contributed by atoms with Gasteiger partial charge in [-0.1, -0.05) is 38.1 Å². The monoisotopic (exact) mass is 289 g/mol. The molecular formula is C16H23N3O2. The Labute approximate surface area is 125 Å². The second-order valence-corrected chi connectivity index (χ2v) is 5.35. The number of nitrogens with one attached hydrogen (secondary N) is 1. The van der Waals surface area contributed by atoms with Crippen molar-refractivity contribution in [2.45, 2.75) is 26.3 Å². The van der Waals surface area contributed by atoms with Crippen molar-refractivity contribution in [1.82, 2.24) is 15.1 Å². The Hall–Kier alpha value is -1.88. The zero-order chi connectivity index (χ0) is 15.4. The van der Waals surface area contributed by atoms with E-state index in [-0.39, 0.29) is 24.5 Å². The van der Waals surface area contributed by atoms with Gasteiger partial charge in [-0.25, -0.2) is 4.79 Å². The van der Waals surface area contributed by atoms with Crippen molar-refractivity contribution in [2.24, 2.45) is 0 Å². The van der Waals surface area contributed by atoms with Gasteiger partial charge < -0.3 is 10.2 Å². The molecule has 1 aliphatic heterocycles. The number of benzene rings is 1. The topological polar surface area (TPSA) is 52.7 Å². The van der Waals surface area contributed by atoms with Crippen LogP contribution < -0.4 is 5.32 Å². The van der Waals surface area contributed by atoms with Gasteiger partial charge in [-0.2, -0.15) is 0 Å². The summed E-state index contributed by atoms with van der Waals surface area (Å²) in [6.07, 6.45) is 1.00. The van der Waals surface area contributed by atoms with Crippen LogP contribution in [0.5, 0.6) is 0 Å². The average molecular weight is 289 g/mol. The minimum absolute atomic E-state index is 0.0275. The summed E-state index contributed by atoms with van der Waals surface area (Å²) >= 11 is 0. The number of nitrogens with zero attached hydrogens (tertiary/aromatic N) is 2. The second kappa shape index (κ2) is 6.72. The molecule has 1 atom stereocenters. The van der Waals surface area contributed by atoms with Gasteiger partial charge in [0.25, 0.3) is 0 Å². The number of rotatable bonds is 6. The first-order valence-electron chi connectivity index (χ1n) is 7.44. The quantitative estimate of drug-likeness (QED) is 0.812. The smallest absolute Gasteiger partial charge is 0.318 e. The summed E-state index contributed by atoms with van der Waals surface area (Å²) in [6, 6.07) is 8.09. The van der Waals surface area contributed by atoms with Crippen LogP contribution in [-0.4, -0.2) is 48.4 Å². The maximum absolute atomic E-state index is 12.0. The molecule has 1 N–H and O–H groups in total. The van der Waals surface area contributed by atoms with E-state index in [1.165, 1.54) is 15.4 Å². The van der Waals surface area contributed by atoms with E-state index in [4.69, 9.17) is 0 Å². The number of carbonyl (C=O) groups is 2. The molecule has 0 aromatic heterocycles. The molecule has 0 radical (unpaired) electrons. The summed E-state index contributed by atoms with van der Waals surface area (Å²) in [4.78, 5) is 26.7. The third kappa shape index (κ3) is 3.42. The van der Waals surface area contributed by atoms with Crippen LogP contribution in [0.4, 0.5) is 4.79 Å². The zero-order valence-corrected chi connectivity index (χ0v) is 12.9. The van der Waals surface area contributed by atoms with Crippen LogP contribution in [0, 0.1) is 0 Å². The summed E-state index contributed by atoms with van der Waals surface area (Å²) in [5, 5.41) is 3.35. The van der Waals surface area contributed by atoms with Gasteiger partial charge in [-0.15, -0.1) is 0 Å². The van der Waals surface area contributed by atoms with Crippen LogP contribution in [0.25, 0.3) is 0 Å². The largest absolute Gasteiger partial charge is 0.327 e. The minimum atomic E-state index is -0.215. The number of carbonyl (C=O) groups excluding carboxylic acids is 2. The highest BCUT2D eigenvalue weighted by atomic mass is 16.2. The predicted octanol–water partition coefficient (Wildman–Crippen LogP) is 1.79. The highest BCUT2D eigenvalue weighted by Crippen LogP contribution is 2.19. The second-order valence-electron chi connectivity index (χ2n) is 5.35. The van der Waals surface area contributed by atoms with E-state index in [9.17, 15) is 9.59 Å². The summed E-state index contributed by atoms with van der Waals surface area (Å²) < 4.78 is 0. The zero-order valence-electron chi connectivity index (χ0n) is 12.9. The molecule has 0 spiro atoms. The first-order valence-corrected chi connectivity index (χ1v) is 7.44. The van der Waals surface area contributed by atoms with Gasteiger partial charge in [0.2, 0.25) is 5.91 Å². The molecule has 5 heteroatoms. The highest BCUT2D eigenvalue weighted by Gasteiger charge is 2.35. The first kappa shape index (κ1) is 15.5. The van der Waals surface area contributed by atoms with Crippen molar-refractivity contribution >= 4 is 11.9 Å². The summed E-state index contributed by atoms with van der Waals surface area (Å²) in [5.41, 5.74) is 2.38. The van der Waals surface area contributed by atoms with Gasteiger partial charge in [0.05, 0.1) is 6.04 Å². The summed E-state index contributed by atoms with van der Waals surface area (Å²) in [7, 11) is 1.65. The van der Waals surface area contributed by atoms with Gasteiger partial charge in [-0.05, 0) is 24.1 Å². The lowest BCUT2D eigenvalue weighted by Gasteiger charge is -2.23. The van der Waals surface area contributed by atoms with Gasteiger partial charge >= 0.3 is 6.03 Å². The molecule has 1 unspecified atom stereocenters. The Morgan fingerprint density at radius 3 is 2.33 bits per heavy atom. The maximum atomic E-state index is 12.0. The fourth-order valence-electron chi connectivity index (χ4n) is 2.55. The molecule has 1 aromatic rings. The van der Waals surface area contributed by atoms with Gasteiger partial charge in [0.15, 0.2) is 0 Å². The number of urea groups is 1. The number of imide groups is 1. The molecule has 0 saturated carbocycles. The molecular weight excluding hydrogens is 266 g/mol. The van der Waals surface area contributed by atoms with E-state index < -0.39 is 0 Å². The Bertz CT molecular complexity index is 513. The number of amides is 3. The number of likely N-dealkylation sites (N-methyl/N-ethyl adjacent to an activating group) is 2. The highest BCUT2D eigenvalue weighted by molar-refractivity contribution is 6.01. The van der Waals surface area contributed by atoms with E-state index in [1.807, 2.05) is 6.92 Å². The molecule has 5 nitrogen and oxygen atoms in total. The van der Waals surface area contributed by atoms with Crippen LogP contribution in [0.15, 0.2) is 24.3 Å². The minimum Gasteiger partial charge on any atom is -0.318 e. The van der Waals surface area contributed by atoms with Crippen LogP contribution in [0.3, 0.4) is 0 Å². The van der Waals surface area contributed by atoms with Crippen LogP contribution >= 0.6 is 0 Å². The number of hydrogen-bond donors (Lipinski definition) is 1. The van der Waals surface area contributed by atoms with E-state index in [0.29, 0.717) is 6.54 Å².